The van der Waals surface area contributed by atoms with Gasteiger partial charge in [-0.15, -0.1) is 0 Å². The first kappa shape index (κ1) is 18.5. The second-order valence-corrected chi connectivity index (χ2v) is 6.79. The third-order valence-electron chi connectivity index (χ3n) is 4.81. The molecule has 0 amide bonds. The minimum absolute atomic E-state index is 0.0337. The third kappa shape index (κ3) is 4.03. The molecule has 1 saturated heterocycles. The number of aromatic nitrogens is 2. The fourth-order valence-corrected chi connectivity index (χ4v) is 3.37. The van der Waals surface area contributed by atoms with E-state index in [-0.39, 0.29) is 12.7 Å². The highest BCUT2D eigenvalue weighted by Gasteiger charge is 2.20. The summed E-state index contributed by atoms with van der Waals surface area (Å²) in [5.41, 5.74) is 3.65. The molecule has 2 aromatic carbocycles. The fourth-order valence-electron chi connectivity index (χ4n) is 3.37. The molecule has 3 aromatic rings. The number of ether oxygens (including phenoxy) is 3. The Kier molecular flexibility index (Phi) is 5.60. The summed E-state index contributed by atoms with van der Waals surface area (Å²) < 4.78 is 18.9. The number of nitrogens with zero attached hydrogens (tertiary/aromatic N) is 2. The van der Waals surface area contributed by atoms with E-state index in [0.717, 1.165) is 29.8 Å². The maximum absolute atomic E-state index is 9.58. The zero-order valence-electron chi connectivity index (χ0n) is 15.9. The summed E-state index contributed by atoms with van der Waals surface area (Å²) in [7, 11) is 1.64. The monoisotopic (exact) mass is 380 g/mol. The van der Waals surface area contributed by atoms with Crippen LogP contribution in [-0.2, 0) is 17.9 Å². The smallest absolute Gasteiger partial charge is 0.162 e. The Morgan fingerprint density at radius 3 is 2.71 bits per heavy atom. The van der Waals surface area contributed by atoms with Crippen molar-refractivity contribution in [2.24, 2.45) is 0 Å². The van der Waals surface area contributed by atoms with Gasteiger partial charge in [0.05, 0.1) is 44.9 Å². The maximum atomic E-state index is 9.58. The minimum atomic E-state index is -0.103. The molecule has 1 aromatic heterocycles. The topological polar surface area (TPSA) is 65.7 Å². The Labute approximate surface area is 164 Å². The first-order valence-corrected chi connectivity index (χ1v) is 9.41. The number of aliphatic hydroxyl groups is 1. The highest BCUT2D eigenvalue weighted by molar-refractivity contribution is 5.65. The molecule has 0 saturated carbocycles. The second kappa shape index (κ2) is 8.46. The molecule has 6 nitrogen and oxygen atoms in total. The zero-order chi connectivity index (χ0) is 19.3. The van der Waals surface area contributed by atoms with E-state index in [0.29, 0.717) is 30.3 Å². The van der Waals surface area contributed by atoms with Gasteiger partial charge in [0.15, 0.2) is 11.5 Å². The van der Waals surface area contributed by atoms with Crippen LogP contribution in [0.1, 0.15) is 17.7 Å². The van der Waals surface area contributed by atoms with Gasteiger partial charge in [0.2, 0.25) is 0 Å². The molecule has 0 aliphatic carbocycles. The van der Waals surface area contributed by atoms with Gasteiger partial charge in [0.1, 0.15) is 6.10 Å². The van der Waals surface area contributed by atoms with E-state index < -0.39 is 0 Å². The van der Waals surface area contributed by atoms with Crippen molar-refractivity contribution >= 4 is 0 Å². The molecule has 1 N–H and O–H groups in total. The Bertz CT molecular complexity index is 918. The van der Waals surface area contributed by atoms with Gasteiger partial charge in [-0.05, 0) is 29.8 Å². The van der Waals surface area contributed by atoms with Crippen LogP contribution in [0.5, 0.6) is 11.5 Å². The van der Waals surface area contributed by atoms with E-state index in [2.05, 4.69) is 17.2 Å². The molecule has 1 fully saturated rings. The van der Waals surface area contributed by atoms with Crippen molar-refractivity contribution in [2.45, 2.75) is 25.7 Å². The van der Waals surface area contributed by atoms with E-state index >= 15 is 0 Å². The minimum Gasteiger partial charge on any atom is -0.493 e. The van der Waals surface area contributed by atoms with Crippen molar-refractivity contribution in [1.29, 1.82) is 0 Å². The molecule has 6 heteroatoms. The standard InChI is InChI=1S/C22H24N2O4/c1-26-21-8-7-17(11-22(21)28-19-9-10-27-15-19)20-12-18(14-25)23-24(20)13-16-5-3-2-4-6-16/h2-8,11-12,19,25H,9-10,13-15H2,1H3. The summed E-state index contributed by atoms with van der Waals surface area (Å²) in [4.78, 5) is 0. The number of rotatable bonds is 7. The van der Waals surface area contributed by atoms with Crippen molar-refractivity contribution in [3.05, 3.63) is 65.9 Å². The van der Waals surface area contributed by atoms with Crippen molar-refractivity contribution in [3.8, 4) is 22.8 Å². The van der Waals surface area contributed by atoms with Crippen molar-refractivity contribution < 1.29 is 19.3 Å². The van der Waals surface area contributed by atoms with Crippen LogP contribution in [0.4, 0.5) is 0 Å². The molecule has 0 radical (unpaired) electrons. The number of aliphatic hydroxyl groups excluding tert-OH is 1. The lowest BCUT2D eigenvalue weighted by atomic mass is 10.1. The molecule has 1 unspecified atom stereocenters. The molecule has 1 atom stereocenters. The van der Waals surface area contributed by atoms with Crippen LogP contribution in [0, 0.1) is 0 Å². The van der Waals surface area contributed by atoms with E-state index in [4.69, 9.17) is 14.2 Å². The van der Waals surface area contributed by atoms with Gasteiger partial charge in [0, 0.05) is 12.0 Å². The van der Waals surface area contributed by atoms with Crippen LogP contribution < -0.4 is 9.47 Å². The first-order chi connectivity index (χ1) is 13.8. The van der Waals surface area contributed by atoms with Crippen LogP contribution >= 0.6 is 0 Å². The van der Waals surface area contributed by atoms with Gasteiger partial charge in [-0.1, -0.05) is 30.3 Å². The van der Waals surface area contributed by atoms with Gasteiger partial charge in [-0.25, -0.2) is 0 Å². The summed E-state index contributed by atoms with van der Waals surface area (Å²) in [6.07, 6.45) is 0.903. The normalized spacial score (nSPS) is 16.3. The van der Waals surface area contributed by atoms with Crippen molar-refractivity contribution in [3.63, 3.8) is 0 Å². The average Bonchev–Trinajstić information content (AvgIpc) is 3.38. The zero-order valence-corrected chi connectivity index (χ0v) is 15.9. The SMILES string of the molecule is COc1ccc(-c2cc(CO)nn2Cc2ccccc2)cc1OC1CCOC1. The molecular weight excluding hydrogens is 356 g/mol. The lowest BCUT2D eigenvalue weighted by molar-refractivity contribution is 0.138. The highest BCUT2D eigenvalue weighted by atomic mass is 16.6. The Hall–Kier alpha value is -2.83. The number of benzene rings is 2. The molecular formula is C22H24N2O4. The number of hydrogen-bond acceptors (Lipinski definition) is 5. The summed E-state index contributed by atoms with van der Waals surface area (Å²) in [5.74, 6) is 1.38. The maximum Gasteiger partial charge on any atom is 0.162 e. The van der Waals surface area contributed by atoms with Crippen LogP contribution in [0.2, 0.25) is 0 Å². The van der Waals surface area contributed by atoms with E-state index in [1.54, 1.807) is 7.11 Å². The Morgan fingerprint density at radius 1 is 1.14 bits per heavy atom. The van der Waals surface area contributed by atoms with E-state index in [9.17, 15) is 5.11 Å². The lowest BCUT2D eigenvalue weighted by Crippen LogP contribution is -2.16. The van der Waals surface area contributed by atoms with Gasteiger partial charge >= 0.3 is 0 Å². The lowest BCUT2D eigenvalue weighted by Gasteiger charge is -2.16. The van der Waals surface area contributed by atoms with Gasteiger partial charge in [-0.2, -0.15) is 5.10 Å². The Morgan fingerprint density at radius 2 is 2.00 bits per heavy atom. The highest BCUT2D eigenvalue weighted by Crippen LogP contribution is 2.34. The van der Waals surface area contributed by atoms with Gasteiger partial charge < -0.3 is 19.3 Å². The van der Waals surface area contributed by atoms with Crippen LogP contribution in [0.25, 0.3) is 11.3 Å². The largest absolute Gasteiger partial charge is 0.493 e. The van der Waals surface area contributed by atoms with E-state index in [1.165, 1.54) is 0 Å². The molecule has 1 aliphatic heterocycles. The predicted molar refractivity (Wildman–Crippen MR) is 106 cm³/mol. The quantitative estimate of drug-likeness (QED) is 0.682. The van der Waals surface area contributed by atoms with Gasteiger partial charge in [0.25, 0.3) is 0 Å². The van der Waals surface area contributed by atoms with Crippen molar-refractivity contribution in [2.75, 3.05) is 20.3 Å². The summed E-state index contributed by atoms with van der Waals surface area (Å²) in [6, 6.07) is 17.9. The molecule has 28 heavy (non-hydrogen) atoms. The summed E-state index contributed by atoms with van der Waals surface area (Å²) in [5, 5.41) is 14.1. The fraction of sp³-hybridized carbons (Fsp3) is 0.318. The van der Waals surface area contributed by atoms with Crippen molar-refractivity contribution in [1.82, 2.24) is 9.78 Å². The summed E-state index contributed by atoms with van der Waals surface area (Å²) >= 11 is 0. The third-order valence-corrected chi connectivity index (χ3v) is 4.81. The van der Waals surface area contributed by atoms with Crippen LogP contribution in [0.15, 0.2) is 54.6 Å². The van der Waals surface area contributed by atoms with E-state index in [1.807, 2.05) is 47.1 Å². The molecule has 1 aliphatic rings. The van der Waals surface area contributed by atoms with Gasteiger partial charge in [-0.3, -0.25) is 4.68 Å². The molecule has 0 bridgehead atoms. The number of methoxy groups -OCH3 is 1. The molecule has 146 valence electrons. The molecule has 0 spiro atoms. The predicted octanol–water partition coefficient (Wildman–Crippen LogP) is 3.27. The molecule has 2 heterocycles. The molecule has 4 rings (SSSR count). The summed E-state index contributed by atoms with van der Waals surface area (Å²) in [6.45, 7) is 1.83. The van der Waals surface area contributed by atoms with Crippen LogP contribution in [-0.4, -0.2) is 41.3 Å². The van der Waals surface area contributed by atoms with Crippen LogP contribution in [0.3, 0.4) is 0 Å². The first-order valence-electron chi connectivity index (χ1n) is 9.41. The average molecular weight is 380 g/mol. The number of hydrogen-bond donors (Lipinski definition) is 1. The second-order valence-electron chi connectivity index (χ2n) is 6.79. The Balaban J connectivity index is 1.68.